The third kappa shape index (κ3) is 2.89. The van der Waals surface area contributed by atoms with Crippen molar-refractivity contribution in [3.8, 4) is 5.75 Å². The van der Waals surface area contributed by atoms with Crippen LogP contribution < -0.4 is 5.32 Å². The highest BCUT2D eigenvalue weighted by molar-refractivity contribution is 5.83. The second-order valence-electron chi connectivity index (χ2n) is 5.25. The number of aromatic hydroxyl groups is 1. The van der Waals surface area contributed by atoms with Gasteiger partial charge in [0.05, 0.1) is 12.6 Å². The standard InChI is InChI=1S/C15H20N2O2/c18-14-7-2-1-5-11(14)9-12-10-17-15(19-12)13-6-3-4-8-16-13/h1-2,5,7,12-13,16,18H,3-4,6,8-10H2. The number of hydrogen-bond donors (Lipinski definition) is 2. The third-order valence-corrected chi connectivity index (χ3v) is 3.79. The number of phenolic OH excluding ortho intramolecular Hbond substituents is 1. The first-order valence-corrected chi connectivity index (χ1v) is 7.04. The summed E-state index contributed by atoms with van der Waals surface area (Å²) < 4.78 is 5.94. The predicted octanol–water partition coefficient (Wildman–Crippen LogP) is 1.87. The lowest BCUT2D eigenvalue weighted by Gasteiger charge is -2.23. The van der Waals surface area contributed by atoms with Gasteiger partial charge in [-0.3, -0.25) is 4.99 Å². The zero-order valence-corrected chi connectivity index (χ0v) is 11.0. The molecule has 102 valence electrons. The van der Waals surface area contributed by atoms with Crippen LogP contribution in [0, 0.1) is 0 Å². The molecule has 2 aliphatic rings. The lowest BCUT2D eigenvalue weighted by Crippen LogP contribution is -2.41. The zero-order valence-electron chi connectivity index (χ0n) is 11.0. The molecule has 0 amide bonds. The van der Waals surface area contributed by atoms with Gasteiger partial charge in [0.25, 0.3) is 0 Å². The van der Waals surface area contributed by atoms with E-state index >= 15 is 0 Å². The number of phenols is 1. The summed E-state index contributed by atoms with van der Waals surface area (Å²) in [6.45, 7) is 1.75. The molecule has 0 saturated carbocycles. The fourth-order valence-corrected chi connectivity index (χ4v) is 2.73. The maximum atomic E-state index is 9.78. The average molecular weight is 260 g/mol. The van der Waals surface area contributed by atoms with Crippen molar-refractivity contribution < 1.29 is 9.84 Å². The molecule has 0 bridgehead atoms. The summed E-state index contributed by atoms with van der Waals surface area (Å²) in [6, 6.07) is 7.73. The number of benzene rings is 1. The summed E-state index contributed by atoms with van der Waals surface area (Å²) in [4.78, 5) is 4.52. The lowest BCUT2D eigenvalue weighted by molar-refractivity contribution is 0.208. The molecule has 0 aromatic heterocycles. The summed E-state index contributed by atoms with van der Waals surface area (Å²) in [5.74, 6) is 1.20. The largest absolute Gasteiger partial charge is 0.508 e. The van der Waals surface area contributed by atoms with Crippen molar-refractivity contribution >= 4 is 5.90 Å². The molecule has 1 saturated heterocycles. The van der Waals surface area contributed by atoms with Crippen LogP contribution in [0.5, 0.6) is 5.75 Å². The van der Waals surface area contributed by atoms with Gasteiger partial charge in [0.1, 0.15) is 11.9 Å². The second-order valence-corrected chi connectivity index (χ2v) is 5.25. The van der Waals surface area contributed by atoms with E-state index in [1.54, 1.807) is 6.07 Å². The molecule has 1 aromatic carbocycles. The molecule has 4 heteroatoms. The third-order valence-electron chi connectivity index (χ3n) is 3.79. The molecule has 2 heterocycles. The van der Waals surface area contributed by atoms with Crippen LogP contribution in [0.15, 0.2) is 29.3 Å². The molecule has 0 radical (unpaired) electrons. The number of nitrogens with zero attached hydrogens (tertiary/aromatic N) is 1. The maximum absolute atomic E-state index is 9.78. The number of ether oxygens (including phenoxy) is 1. The Labute approximate surface area is 113 Å². The topological polar surface area (TPSA) is 53.9 Å². The molecule has 2 unspecified atom stereocenters. The fourth-order valence-electron chi connectivity index (χ4n) is 2.73. The van der Waals surface area contributed by atoms with Crippen molar-refractivity contribution in [1.29, 1.82) is 0 Å². The highest BCUT2D eigenvalue weighted by Crippen LogP contribution is 2.22. The Morgan fingerprint density at radius 3 is 3.00 bits per heavy atom. The van der Waals surface area contributed by atoms with Gasteiger partial charge in [0, 0.05) is 6.42 Å². The van der Waals surface area contributed by atoms with Crippen LogP contribution >= 0.6 is 0 Å². The van der Waals surface area contributed by atoms with E-state index in [1.807, 2.05) is 18.2 Å². The lowest BCUT2D eigenvalue weighted by atomic mass is 10.1. The molecule has 19 heavy (non-hydrogen) atoms. The minimum atomic E-state index is 0.0621. The van der Waals surface area contributed by atoms with Crippen LogP contribution in [-0.2, 0) is 11.2 Å². The van der Waals surface area contributed by atoms with Crippen molar-refractivity contribution in [2.75, 3.05) is 13.1 Å². The first-order chi connectivity index (χ1) is 9.33. The summed E-state index contributed by atoms with van der Waals surface area (Å²) in [6.07, 6.45) is 4.37. The van der Waals surface area contributed by atoms with Gasteiger partial charge in [-0.1, -0.05) is 24.6 Å². The van der Waals surface area contributed by atoms with Crippen molar-refractivity contribution in [3.63, 3.8) is 0 Å². The first kappa shape index (κ1) is 12.5. The Balaban J connectivity index is 1.57. The Morgan fingerprint density at radius 1 is 1.32 bits per heavy atom. The Bertz CT molecular complexity index is 467. The van der Waals surface area contributed by atoms with Gasteiger partial charge < -0.3 is 15.2 Å². The molecule has 0 aliphatic carbocycles. The van der Waals surface area contributed by atoms with E-state index in [-0.39, 0.29) is 6.10 Å². The molecular weight excluding hydrogens is 240 g/mol. The number of para-hydroxylation sites is 1. The summed E-state index contributed by atoms with van der Waals surface area (Å²) in [5, 5.41) is 13.2. The predicted molar refractivity (Wildman–Crippen MR) is 74.6 cm³/mol. The monoisotopic (exact) mass is 260 g/mol. The SMILES string of the molecule is Oc1ccccc1CC1CN=C(C2CCCCN2)O1. The summed E-state index contributed by atoms with van der Waals surface area (Å²) in [5.41, 5.74) is 0.931. The van der Waals surface area contributed by atoms with Crippen LogP contribution in [-0.4, -0.2) is 36.2 Å². The van der Waals surface area contributed by atoms with E-state index in [2.05, 4.69) is 10.3 Å². The molecule has 4 nitrogen and oxygen atoms in total. The van der Waals surface area contributed by atoms with Crippen LogP contribution in [0.1, 0.15) is 24.8 Å². The van der Waals surface area contributed by atoms with Crippen molar-refractivity contribution in [2.24, 2.45) is 4.99 Å². The van der Waals surface area contributed by atoms with Gasteiger partial charge in [-0.2, -0.15) is 0 Å². The van der Waals surface area contributed by atoms with Gasteiger partial charge in [0.2, 0.25) is 5.90 Å². The highest BCUT2D eigenvalue weighted by atomic mass is 16.5. The summed E-state index contributed by atoms with van der Waals surface area (Å²) in [7, 11) is 0. The molecule has 0 spiro atoms. The quantitative estimate of drug-likeness (QED) is 0.872. The van der Waals surface area contributed by atoms with Crippen LogP contribution in [0.3, 0.4) is 0 Å². The van der Waals surface area contributed by atoms with E-state index in [0.717, 1.165) is 24.4 Å². The van der Waals surface area contributed by atoms with Crippen LogP contribution in [0.4, 0.5) is 0 Å². The average Bonchev–Trinajstić information content (AvgIpc) is 2.91. The van der Waals surface area contributed by atoms with Gasteiger partial charge in [-0.05, 0) is 31.0 Å². The van der Waals surface area contributed by atoms with Gasteiger partial charge in [-0.25, -0.2) is 0 Å². The molecule has 1 aromatic rings. The summed E-state index contributed by atoms with van der Waals surface area (Å²) >= 11 is 0. The fraction of sp³-hybridized carbons (Fsp3) is 0.533. The maximum Gasteiger partial charge on any atom is 0.201 e. The Kier molecular flexibility index (Phi) is 3.69. The van der Waals surface area contributed by atoms with Crippen molar-refractivity contribution in [3.05, 3.63) is 29.8 Å². The first-order valence-electron chi connectivity index (χ1n) is 7.04. The van der Waals surface area contributed by atoms with E-state index < -0.39 is 0 Å². The van der Waals surface area contributed by atoms with Gasteiger partial charge in [0.15, 0.2) is 0 Å². The van der Waals surface area contributed by atoms with Gasteiger partial charge >= 0.3 is 0 Å². The minimum Gasteiger partial charge on any atom is -0.508 e. The number of aliphatic imine (C=N–C) groups is 1. The molecule has 1 fully saturated rings. The molecule has 2 N–H and O–H groups in total. The van der Waals surface area contributed by atoms with E-state index in [9.17, 15) is 5.11 Å². The number of rotatable bonds is 3. The van der Waals surface area contributed by atoms with Gasteiger partial charge in [-0.15, -0.1) is 0 Å². The van der Waals surface area contributed by atoms with Crippen molar-refractivity contribution in [1.82, 2.24) is 5.32 Å². The second kappa shape index (κ2) is 5.61. The van der Waals surface area contributed by atoms with E-state index in [1.165, 1.54) is 12.8 Å². The number of nitrogens with one attached hydrogen (secondary N) is 1. The zero-order chi connectivity index (χ0) is 13.1. The van der Waals surface area contributed by atoms with E-state index in [0.29, 0.717) is 24.8 Å². The smallest absolute Gasteiger partial charge is 0.201 e. The number of piperidine rings is 1. The van der Waals surface area contributed by atoms with Crippen LogP contribution in [0.25, 0.3) is 0 Å². The van der Waals surface area contributed by atoms with E-state index in [4.69, 9.17) is 4.74 Å². The minimum absolute atomic E-state index is 0.0621. The Morgan fingerprint density at radius 2 is 2.21 bits per heavy atom. The molecular formula is C15H20N2O2. The Hall–Kier alpha value is -1.55. The molecule has 2 aliphatic heterocycles. The number of hydrogen-bond acceptors (Lipinski definition) is 4. The molecule has 3 rings (SSSR count). The van der Waals surface area contributed by atoms with Crippen LogP contribution in [0.2, 0.25) is 0 Å². The normalized spacial score (nSPS) is 26.8. The molecule has 2 atom stereocenters. The van der Waals surface area contributed by atoms with Crippen molar-refractivity contribution in [2.45, 2.75) is 37.8 Å². The highest BCUT2D eigenvalue weighted by Gasteiger charge is 2.28.